The molecule has 1 N–H and O–H groups in total. The zero-order chi connectivity index (χ0) is 13.4. The van der Waals surface area contributed by atoms with Crippen LogP contribution in [0.2, 0.25) is 0 Å². The molecule has 0 radical (unpaired) electrons. The molecule has 4 heteroatoms. The molecule has 1 heterocycles. The molecule has 0 aliphatic rings. The second-order valence-electron chi connectivity index (χ2n) is 4.40. The second kappa shape index (κ2) is 8.35. The van der Waals surface area contributed by atoms with Crippen LogP contribution in [0.5, 0.6) is 0 Å². The molecule has 1 aromatic heterocycles. The van der Waals surface area contributed by atoms with E-state index in [9.17, 15) is 0 Å². The summed E-state index contributed by atoms with van der Waals surface area (Å²) >= 11 is 1.86. The largest absolute Gasteiger partial charge is 0.370 e. The summed E-state index contributed by atoms with van der Waals surface area (Å²) in [4.78, 5) is 9.22. The van der Waals surface area contributed by atoms with Crippen molar-refractivity contribution >= 4 is 17.6 Å². The molecule has 3 nitrogen and oxygen atoms in total. The monoisotopic (exact) mass is 267 g/mol. The lowest BCUT2D eigenvalue weighted by molar-refractivity contribution is 0.856. The number of aromatic nitrogens is 2. The van der Waals surface area contributed by atoms with Gasteiger partial charge in [0.25, 0.3) is 0 Å². The van der Waals surface area contributed by atoms with Crippen LogP contribution in [-0.2, 0) is 6.42 Å². The second-order valence-corrected chi connectivity index (χ2v) is 5.48. The number of unbranched alkanes of at least 4 members (excludes halogenated alkanes) is 1. The Balaban J connectivity index is 2.85. The van der Waals surface area contributed by atoms with Crippen molar-refractivity contribution in [3.8, 4) is 0 Å². The number of anilines is 1. The molecule has 102 valence electrons. The lowest BCUT2D eigenvalue weighted by atomic mass is 10.3. The summed E-state index contributed by atoms with van der Waals surface area (Å²) in [6, 6.07) is 0. The van der Waals surface area contributed by atoms with Crippen LogP contribution in [0, 0.1) is 6.92 Å². The standard InChI is InChI=1S/C14H25N3S/c1-5-8-10-18-14-11(4)13(15-9-6-2)16-12(7-3)17-14/h5-10H2,1-4H3,(H,15,16,17). The molecule has 1 rings (SSSR count). The highest BCUT2D eigenvalue weighted by Gasteiger charge is 2.10. The topological polar surface area (TPSA) is 37.8 Å². The lowest BCUT2D eigenvalue weighted by Crippen LogP contribution is -2.08. The van der Waals surface area contributed by atoms with Crippen LogP contribution in [-0.4, -0.2) is 22.3 Å². The van der Waals surface area contributed by atoms with Crippen molar-refractivity contribution in [2.75, 3.05) is 17.6 Å². The van der Waals surface area contributed by atoms with E-state index in [-0.39, 0.29) is 0 Å². The van der Waals surface area contributed by atoms with Gasteiger partial charge >= 0.3 is 0 Å². The number of nitrogens with zero attached hydrogens (tertiary/aromatic N) is 2. The number of nitrogens with one attached hydrogen (secondary N) is 1. The van der Waals surface area contributed by atoms with Gasteiger partial charge in [0.2, 0.25) is 0 Å². The molecule has 0 saturated carbocycles. The Kier molecular flexibility index (Phi) is 7.09. The Labute approximate surface area is 115 Å². The van der Waals surface area contributed by atoms with E-state index < -0.39 is 0 Å². The van der Waals surface area contributed by atoms with Gasteiger partial charge < -0.3 is 5.32 Å². The van der Waals surface area contributed by atoms with Gasteiger partial charge in [-0.05, 0) is 25.5 Å². The Bertz CT molecular complexity index is 366. The van der Waals surface area contributed by atoms with Gasteiger partial charge in [-0.3, -0.25) is 0 Å². The van der Waals surface area contributed by atoms with Crippen LogP contribution in [0.3, 0.4) is 0 Å². The molecule has 0 aromatic carbocycles. The maximum Gasteiger partial charge on any atom is 0.133 e. The maximum absolute atomic E-state index is 4.64. The van der Waals surface area contributed by atoms with Crippen LogP contribution in [0.25, 0.3) is 0 Å². The van der Waals surface area contributed by atoms with Gasteiger partial charge in [-0.2, -0.15) is 0 Å². The van der Waals surface area contributed by atoms with Crippen LogP contribution in [0.1, 0.15) is 51.4 Å². The molecular weight excluding hydrogens is 242 g/mol. The molecule has 18 heavy (non-hydrogen) atoms. The van der Waals surface area contributed by atoms with Crippen LogP contribution < -0.4 is 5.32 Å². The van der Waals surface area contributed by atoms with Crippen molar-refractivity contribution in [1.29, 1.82) is 0 Å². The highest BCUT2D eigenvalue weighted by molar-refractivity contribution is 7.99. The Morgan fingerprint density at radius 1 is 1.11 bits per heavy atom. The summed E-state index contributed by atoms with van der Waals surface area (Å²) in [6.45, 7) is 9.58. The van der Waals surface area contributed by atoms with Crippen LogP contribution in [0.15, 0.2) is 5.03 Å². The van der Waals surface area contributed by atoms with Gasteiger partial charge in [-0.1, -0.05) is 27.2 Å². The number of hydrogen-bond donors (Lipinski definition) is 1. The third-order valence-electron chi connectivity index (χ3n) is 2.74. The zero-order valence-corrected chi connectivity index (χ0v) is 12.9. The van der Waals surface area contributed by atoms with Gasteiger partial charge in [0.1, 0.15) is 16.7 Å². The van der Waals surface area contributed by atoms with Crippen molar-refractivity contribution in [3.05, 3.63) is 11.4 Å². The number of aryl methyl sites for hydroxylation is 1. The van der Waals surface area contributed by atoms with Gasteiger partial charge in [0, 0.05) is 18.5 Å². The number of hydrogen-bond acceptors (Lipinski definition) is 4. The highest BCUT2D eigenvalue weighted by atomic mass is 32.2. The zero-order valence-electron chi connectivity index (χ0n) is 12.0. The fourth-order valence-corrected chi connectivity index (χ4v) is 2.68. The summed E-state index contributed by atoms with van der Waals surface area (Å²) < 4.78 is 0. The summed E-state index contributed by atoms with van der Waals surface area (Å²) in [5.74, 6) is 3.10. The summed E-state index contributed by atoms with van der Waals surface area (Å²) in [6.07, 6.45) is 4.48. The number of rotatable bonds is 8. The van der Waals surface area contributed by atoms with Crippen LogP contribution in [0.4, 0.5) is 5.82 Å². The summed E-state index contributed by atoms with van der Waals surface area (Å²) in [7, 11) is 0. The van der Waals surface area contributed by atoms with Crippen molar-refractivity contribution < 1.29 is 0 Å². The van der Waals surface area contributed by atoms with E-state index >= 15 is 0 Å². The van der Waals surface area contributed by atoms with Gasteiger partial charge in [-0.15, -0.1) is 11.8 Å². The van der Waals surface area contributed by atoms with E-state index in [0.29, 0.717) is 0 Å². The van der Waals surface area contributed by atoms with Gasteiger partial charge in [0.05, 0.1) is 0 Å². The summed E-state index contributed by atoms with van der Waals surface area (Å²) in [5.41, 5.74) is 1.20. The van der Waals surface area contributed by atoms with E-state index in [1.54, 1.807) is 0 Å². The molecule has 0 saturated heterocycles. The van der Waals surface area contributed by atoms with Crippen molar-refractivity contribution in [2.45, 2.75) is 58.4 Å². The first kappa shape index (κ1) is 15.3. The van der Waals surface area contributed by atoms with Gasteiger partial charge in [-0.25, -0.2) is 9.97 Å². The maximum atomic E-state index is 4.64. The molecule has 0 amide bonds. The Hall–Kier alpha value is -0.770. The minimum atomic E-state index is 0.891. The van der Waals surface area contributed by atoms with E-state index in [0.717, 1.165) is 41.8 Å². The quantitative estimate of drug-likeness (QED) is 0.438. The van der Waals surface area contributed by atoms with E-state index in [1.165, 1.54) is 18.4 Å². The molecule has 0 spiro atoms. The third kappa shape index (κ3) is 4.48. The van der Waals surface area contributed by atoms with Crippen molar-refractivity contribution in [2.24, 2.45) is 0 Å². The Morgan fingerprint density at radius 3 is 2.50 bits per heavy atom. The first-order valence-corrected chi connectivity index (χ1v) is 7.95. The molecule has 0 aliphatic heterocycles. The summed E-state index contributed by atoms with van der Waals surface area (Å²) in [5, 5.41) is 4.55. The lowest BCUT2D eigenvalue weighted by Gasteiger charge is -2.12. The Morgan fingerprint density at radius 2 is 1.89 bits per heavy atom. The number of thioether (sulfide) groups is 1. The molecule has 0 unspecified atom stereocenters. The molecule has 0 aliphatic carbocycles. The van der Waals surface area contributed by atoms with Crippen molar-refractivity contribution in [1.82, 2.24) is 9.97 Å². The minimum absolute atomic E-state index is 0.891. The highest BCUT2D eigenvalue weighted by Crippen LogP contribution is 2.26. The first-order chi connectivity index (χ1) is 8.72. The smallest absolute Gasteiger partial charge is 0.133 e. The van der Waals surface area contributed by atoms with E-state index in [1.807, 2.05) is 11.8 Å². The van der Waals surface area contributed by atoms with E-state index in [2.05, 4.69) is 43.0 Å². The van der Waals surface area contributed by atoms with Crippen molar-refractivity contribution in [3.63, 3.8) is 0 Å². The predicted octanol–water partition coefficient (Wildman–Crippen LogP) is 4.06. The average Bonchev–Trinajstić information content (AvgIpc) is 2.39. The fraction of sp³-hybridized carbons (Fsp3) is 0.714. The normalized spacial score (nSPS) is 10.7. The fourth-order valence-electron chi connectivity index (χ4n) is 1.57. The first-order valence-electron chi connectivity index (χ1n) is 6.97. The third-order valence-corrected chi connectivity index (χ3v) is 3.91. The average molecular weight is 267 g/mol. The van der Waals surface area contributed by atoms with Gasteiger partial charge in [0.15, 0.2) is 0 Å². The minimum Gasteiger partial charge on any atom is -0.370 e. The van der Waals surface area contributed by atoms with E-state index in [4.69, 9.17) is 0 Å². The SMILES string of the molecule is CCCCSc1nc(CC)nc(NCCC)c1C. The molecule has 0 atom stereocenters. The molecule has 1 aromatic rings. The predicted molar refractivity (Wildman–Crippen MR) is 80.6 cm³/mol. The molecule has 0 fully saturated rings. The molecule has 0 bridgehead atoms. The van der Waals surface area contributed by atoms with Crippen LogP contribution >= 0.6 is 11.8 Å². The molecular formula is C14H25N3S.